The maximum atomic E-state index is 12.3. The summed E-state index contributed by atoms with van der Waals surface area (Å²) in [6.07, 6.45) is 3.57. The number of likely N-dealkylation sites (tertiary alicyclic amines) is 1. The van der Waals surface area contributed by atoms with Crippen LogP contribution in [0.15, 0.2) is 10.2 Å². The zero-order chi connectivity index (χ0) is 16.9. The van der Waals surface area contributed by atoms with Crippen LogP contribution >= 0.6 is 11.3 Å². The normalized spacial score (nSPS) is 20.5. The van der Waals surface area contributed by atoms with Crippen molar-refractivity contribution in [3.63, 3.8) is 0 Å². The number of carbonyl (C=O) groups is 1. The van der Waals surface area contributed by atoms with Crippen molar-refractivity contribution >= 4 is 17.2 Å². The molecular weight excluding hydrogens is 324 g/mol. The lowest BCUT2D eigenvalue weighted by molar-refractivity contribution is -0.133. The monoisotopic (exact) mass is 352 g/mol. The Hall–Kier alpha value is -1.18. The fraction of sp³-hybridized carbons (Fsp3) is 0.765. The van der Waals surface area contributed by atoms with Crippen LogP contribution in [0.5, 0.6) is 0 Å². The van der Waals surface area contributed by atoms with Crippen molar-refractivity contribution in [2.45, 2.75) is 32.7 Å². The molecule has 0 aliphatic carbocycles. The molecule has 0 spiro atoms. The van der Waals surface area contributed by atoms with Gasteiger partial charge in [0.05, 0.1) is 6.54 Å². The van der Waals surface area contributed by atoms with Crippen molar-refractivity contribution in [1.82, 2.24) is 19.3 Å². The average Bonchev–Trinajstić information content (AvgIpc) is 2.93. The van der Waals surface area contributed by atoms with Crippen LogP contribution in [-0.2, 0) is 11.3 Å². The molecule has 6 nitrogen and oxygen atoms in total. The minimum atomic E-state index is 0.137. The molecule has 0 aromatic carbocycles. The zero-order valence-electron chi connectivity index (χ0n) is 14.6. The van der Waals surface area contributed by atoms with Gasteiger partial charge in [-0.05, 0) is 26.2 Å². The topological polar surface area (TPSA) is 48.8 Å². The van der Waals surface area contributed by atoms with Crippen molar-refractivity contribution in [2.24, 2.45) is 0 Å². The summed E-state index contributed by atoms with van der Waals surface area (Å²) >= 11 is 1.28. The van der Waals surface area contributed by atoms with E-state index in [1.54, 1.807) is 0 Å². The summed E-state index contributed by atoms with van der Waals surface area (Å²) in [5, 5.41) is 1.92. The van der Waals surface area contributed by atoms with Gasteiger partial charge in [-0.1, -0.05) is 11.3 Å². The van der Waals surface area contributed by atoms with Crippen molar-refractivity contribution < 1.29 is 4.79 Å². The van der Waals surface area contributed by atoms with Crippen LogP contribution in [0.1, 0.15) is 25.0 Å². The molecule has 2 aliphatic rings. The van der Waals surface area contributed by atoms with E-state index in [1.807, 2.05) is 21.8 Å². The largest absolute Gasteiger partial charge is 0.342 e. The maximum absolute atomic E-state index is 12.3. The Morgan fingerprint density at radius 1 is 1.00 bits per heavy atom. The first-order chi connectivity index (χ1) is 11.6. The summed E-state index contributed by atoms with van der Waals surface area (Å²) in [5.74, 6) is 0.295. The highest BCUT2D eigenvalue weighted by molar-refractivity contribution is 7.07. The molecule has 1 amide bonds. The van der Waals surface area contributed by atoms with Crippen LogP contribution in [0, 0.1) is 6.92 Å². The molecule has 1 aromatic heterocycles. The predicted molar refractivity (Wildman–Crippen MR) is 96.6 cm³/mol. The van der Waals surface area contributed by atoms with Gasteiger partial charge in [0.2, 0.25) is 5.91 Å². The number of piperazine rings is 1. The second-order valence-corrected chi connectivity index (χ2v) is 7.67. The van der Waals surface area contributed by atoms with E-state index in [0.29, 0.717) is 12.5 Å². The van der Waals surface area contributed by atoms with Gasteiger partial charge in [-0.25, -0.2) is 0 Å². The lowest BCUT2D eigenvalue weighted by Crippen LogP contribution is -2.51. The maximum Gasteiger partial charge on any atom is 0.307 e. The first-order valence-electron chi connectivity index (χ1n) is 9.01. The number of aromatic nitrogens is 1. The number of amides is 1. The van der Waals surface area contributed by atoms with Crippen molar-refractivity contribution in [1.29, 1.82) is 0 Å². The smallest absolute Gasteiger partial charge is 0.307 e. The van der Waals surface area contributed by atoms with Gasteiger partial charge in [0, 0.05) is 63.4 Å². The molecule has 0 saturated carbocycles. The molecule has 0 bridgehead atoms. The summed E-state index contributed by atoms with van der Waals surface area (Å²) in [7, 11) is 0. The quantitative estimate of drug-likeness (QED) is 0.788. The third-order valence-corrected chi connectivity index (χ3v) is 6.03. The number of carbonyl (C=O) groups excluding carboxylic acids is 1. The van der Waals surface area contributed by atoms with E-state index in [2.05, 4.69) is 9.80 Å². The Kier molecular flexibility index (Phi) is 6.08. The molecule has 2 aliphatic heterocycles. The summed E-state index contributed by atoms with van der Waals surface area (Å²) in [5.41, 5.74) is 1.05. The van der Waals surface area contributed by atoms with E-state index >= 15 is 0 Å². The Labute approximate surface area is 147 Å². The minimum Gasteiger partial charge on any atom is -0.342 e. The highest BCUT2D eigenvalue weighted by Gasteiger charge is 2.22. The number of nitrogens with zero attached hydrogens (tertiary/aromatic N) is 4. The molecule has 3 rings (SSSR count). The number of rotatable bonds is 5. The Balaban J connectivity index is 1.39. The van der Waals surface area contributed by atoms with Crippen molar-refractivity contribution in [2.75, 3.05) is 52.4 Å². The first kappa shape index (κ1) is 17.6. The highest BCUT2D eigenvalue weighted by Crippen LogP contribution is 2.10. The van der Waals surface area contributed by atoms with E-state index in [4.69, 9.17) is 0 Å². The Morgan fingerprint density at radius 3 is 2.29 bits per heavy atom. The average molecular weight is 353 g/mol. The van der Waals surface area contributed by atoms with E-state index < -0.39 is 0 Å². The zero-order valence-corrected chi connectivity index (χ0v) is 15.4. The molecule has 24 heavy (non-hydrogen) atoms. The lowest BCUT2D eigenvalue weighted by Gasteiger charge is -2.36. The summed E-state index contributed by atoms with van der Waals surface area (Å²) < 4.78 is 1.86. The minimum absolute atomic E-state index is 0.137. The summed E-state index contributed by atoms with van der Waals surface area (Å²) in [6, 6.07) is 0. The van der Waals surface area contributed by atoms with E-state index in [9.17, 15) is 9.59 Å². The third-order valence-electron chi connectivity index (χ3n) is 5.15. The van der Waals surface area contributed by atoms with Crippen LogP contribution < -0.4 is 4.87 Å². The van der Waals surface area contributed by atoms with Gasteiger partial charge in [0.15, 0.2) is 0 Å². The van der Waals surface area contributed by atoms with Crippen LogP contribution in [0.4, 0.5) is 0 Å². The van der Waals surface area contributed by atoms with Gasteiger partial charge in [-0.2, -0.15) is 0 Å². The fourth-order valence-corrected chi connectivity index (χ4v) is 4.28. The number of aryl methyl sites for hydroxylation is 1. The number of piperidine rings is 1. The van der Waals surface area contributed by atoms with Crippen LogP contribution in [0.25, 0.3) is 0 Å². The lowest BCUT2D eigenvalue weighted by atomic mass is 10.1. The highest BCUT2D eigenvalue weighted by atomic mass is 32.1. The number of hydrogen-bond donors (Lipinski definition) is 0. The molecule has 0 atom stereocenters. The van der Waals surface area contributed by atoms with Gasteiger partial charge in [0.1, 0.15) is 0 Å². The summed E-state index contributed by atoms with van der Waals surface area (Å²) in [4.78, 5) is 30.9. The second-order valence-electron chi connectivity index (χ2n) is 6.85. The van der Waals surface area contributed by atoms with E-state index in [-0.39, 0.29) is 4.87 Å². The van der Waals surface area contributed by atoms with E-state index in [0.717, 1.165) is 70.9 Å². The van der Waals surface area contributed by atoms with Crippen LogP contribution in [0.2, 0.25) is 0 Å². The molecular formula is C17H28N4O2S. The standard InChI is InChI=1S/C17H28N4O2S/c1-15-14-24-17(23)21(15)12-11-18-7-9-19(10-8-18)13-16(22)20-5-3-2-4-6-20/h14H,2-13H2,1H3. The predicted octanol–water partition coefficient (Wildman–Crippen LogP) is 0.848. The van der Waals surface area contributed by atoms with Crippen LogP contribution in [0.3, 0.4) is 0 Å². The molecule has 1 aromatic rings. The number of hydrogen-bond acceptors (Lipinski definition) is 5. The fourth-order valence-electron chi connectivity index (χ4n) is 3.52. The Morgan fingerprint density at radius 2 is 1.67 bits per heavy atom. The first-order valence-corrected chi connectivity index (χ1v) is 9.89. The van der Waals surface area contributed by atoms with Crippen molar-refractivity contribution in [3.8, 4) is 0 Å². The van der Waals surface area contributed by atoms with Gasteiger partial charge in [-0.15, -0.1) is 0 Å². The summed E-state index contributed by atoms with van der Waals surface area (Å²) in [6.45, 7) is 9.94. The third kappa shape index (κ3) is 4.46. The molecule has 0 unspecified atom stereocenters. The van der Waals surface area contributed by atoms with Gasteiger partial charge in [0.25, 0.3) is 0 Å². The van der Waals surface area contributed by atoms with Gasteiger partial charge < -0.3 is 9.47 Å². The molecule has 2 fully saturated rings. The van der Waals surface area contributed by atoms with Gasteiger partial charge >= 0.3 is 4.87 Å². The Bertz CT molecular complexity index is 598. The molecule has 2 saturated heterocycles. The second kappa shape index (κ2) is 8.27. The van der Waals surface area contributed by atoms with Gasteiger partial charge in [-0.3, -0.25) is 19.4 Å². The SMILES string of the molecule is Cc1csc(=O)n1CCN1CCN(CC(=O)N2CCCCC2)CC1. The van der Waals surface area contributed by atoms with E-state index in [1.165, 1.54) is 17.8 Å². The van der Waals surface area contributed by atoms with Crippen LogP contribution in [-0.4, -0.2) is 77.5 Å². The molecule has 3 heterocycles. The molecule has 0 radical (unpaired) electrons. The molecule has 7 heteroatoms. The number of thiazole rings is 1. The molecule has 134 valence electrons. The molecule has 0 N–H and O–H groups in total. The van der Waals surface area contributed by atoms with Crippen molar-refractivity contribution in [3.05, 3.63) is 20.7 Å².